The zero-order chi connectivity index (χ0) is 12.3. The number of carbonyl (C=O) groups excluding carboxylic acids is 1. The maximum absolute atomic E-state index is 11.9. The van der Waals surface area contributed by atoms with Crippen molar-refractivity contribution in [3.8, 4) is 0 Å². The van der Waals surface area contributed by atoms with E-state index in [0.717, 1.165) is 19.3 Å². The van der Waals surface area contributed by atoms with Gasteiger partial charge < -0.3 is 15.2 Å². The highest BCUT2D eigenvalue weighted by Crippen LogP contribution is 2.29. The Bertz CT molecular complexity index is 269. The zero-order valence-corrected chi connectivity index (χ0v) is 10.5. The topological polar surface area (TPSA) is 58.6 Å². The molecule has 0 aromatic heterocycles. The van der Waals surface area contributed by atoms with E-state index in [1.54, 1.807) is 0 Å². The van der Waals surface area contributed by atoms with Crippen LogP contribution in [0.25, 0.3) is 0 Å². The average molecular weight is 241 g/mol. The predicted molar refractivity (Wildman–Crippen MR) is 64.5 cm³/mol. The molecular formula is C13H23NO3. The molecule has 0 spiro atoms. The van der Waals surface area contributed by atoms with Gasteiger partial charge in [-0.3, -0.25) is 4.79 Å². The standard InChI is InChI=1S/C13H23NO3/c1-2-9-5-3-4-6-12(9)17-13(16)11-7-10(15)8-14-11/h9-12,14-15H,2-8H2,1H3. The van der Waals surface area contributed by atoms with Crippen molar-refractivity contribution in [2.24, 2.45) is 5.92 Å². The van der Waals surface area contributed by atoms with Crippen molar-refractivity contribution in [3.63, 3.8) is 0 Å². The van der Waals surface area contributed by atoms with Crippen molar-refractivity contribution in [2.75, 3.05) is 6.54 Å². The number of β-amino-alcohol motifs (C(OH)–C–C–N with tert-alkyl or cyclic N) is 1. The molecule has 1 heterocycles. The molecule has 2 aliphatic rings. The fraction of sp³-hybridized carbons (Fsp3) is 0.923. The lowest BCUT2D eigenvalue weighted by Crippen LogP contribution is -2.38. The minimum absolute atomic E-state index is 0.0980. The summed E-state index contributed by atoms with van der Waals surface area (Å²) in [7, 11) is 0. The van der Waals surface area contributed by atoms with Crippen molar-refractivity contribution in [1.29, 1.82) is 0 Å². The molecular weight excluding hydrogens is 218 g/mol. The lowest BCUT2D eigenvalue weighted by atomic mass is 9.85. The Morgan fingerprint density at radius 1 is 1.41 bits per heavy atom. The third-order valence-corrected chi connectivity index (χ3v) is 4.02. The van der Waals surface area contributed by atoms with E-state index >= 15 is 0 Å². The fourth-order valence-electron chi connectivity index (χ4n) is 2.92. The molecule has 0 aromatic rings. The van der Waals surface area contributed by atoms with Gasteiger partial charge in [-0.05, 0) is 31.6 Å². The van der Waals surface area contributed by atoms with Crippen LogP contribution in [0, 0.1) is 5.92 Å². The number of hydrogen-bond acceptors (Lipinski definition) is 4. The quantitative estimate of drug-likeness (QED) is 0.729. The summed E-state index contributed by atoms with van der Waals surface area (Å²) in [6, 6.07) is -0.301. The molecule has 4 nitrogen and oxygen atoms in total. The molecule has 98 valence electrons. The highest BCUT2D eigenvalue weighted by Gasteiger charge is 2.33. The second kappa shape index (κ2) is 5.83. The Labute approximate surface area is 103 Å². The van der Waals surface area contributed by atoms with E-state index in [9.17, 15) is 9.90 Å². The largest absolute Gasteiger partial charge is 0.461 e. The Morgan fingerprint density at radius 2 is 2.18 bits per heavy atom. The van der Waals surface area contributed by atoms with Crippen molar-refractivity contribution in [1.82, 2.24) is 5.32 Å². The van der Waals surface area contributed by atoms with Crippen LogP contribution in [0.1, 0.15) is 45.4 Å². The third kappa shape index (κ3) is 3.19. The first-order valence-electron chi connectivity index (χ1n) is 6.82. The lowest BCUT2D eigenvalue weighted by Gasteiger charge is -2.31. The summed E-state index contributed by atoms with van der Waals surface area (Å²) < 4.78 is 5.61. The van der Waals surface area contributed by atoms with E-state index in [4.69, 9.17) is 4.74 Å². The maximum atomic E-state index is 11.9. The summed E-state index contributed by atoms with van der Waals surface area (Å²) in [5.41, 5.74) is 0. The molecule has 1 aliphatic carbocycles. The third-order valence-electron chi connectivity index (χ3n) is 4.02. The van der Waals surface area contributed by atoms with Gasteiger partial charge >= 0.3 is 5.97 Å². The monoisotopic (exact) mass is 241 g/mol. The molecule has 2 N–H and O–H groups in total. The molecule has 0 radical (unpaired) electrons. The highest BCUT2D eigenvalue weighted by atomic mass is 16.5. The van der Waals surface area contributed by atoms with E-state index < -0.39 is 6.10 Å². The normalized spacial score (nSPS) is 38.0. The van der Waals surface area contributed by atoms with Gasteiger partial charge in [0.05, 0.1) is 6.10 Å². The summed E-state index contributed by atoms with van der Waals surface area (Å²) in [4.78, 5) is 11.9. The predicted octanol–water partition coefficient (Wildman–Crippen LogP) is 1.22. The molecule has 17 heavy (non-hydrogen) atoms. The SMILES string of the molecule is CCC1CCCCC1OC(=O)C1CC(O)CN1. The zero-order valence-electron chi connectivity index (χ0n) is 10.5. The number of rotatable bonds is 3. The molecule has 1 saturated carbocycles. The number of nitrogens with one attached hydrogen (secondary N) is 1. The number of carbonyl (C=O) groups is 1. The smallest absolute Gasteiger partial charge is 0.323 e. The second-order valence-electron chi connectivity index (χ2n) is 5.28. The molecule has 4 atom stereocenters. The molecule has 1 aliphatic heterocycles. The average Bonchev–Trinajstić information content (AvgIpc) is 2.77. The van der Waals surface area contributed by atoms with E-state index in [2.05, 4.69) is 12.2 Å². The van der Waals surface area contributed by atoms with Gasteiger partial charge in [0.15, 0.2) is 0 Å². The summed E-state index contributed by atoms with van der Waals surface area (Å²) in [6.07, 6.45) is 5.86. The number of esters is 1. The minimum Gasteiger partial charge on any atom is -0.461 e. The molecule has 4 heteroatoms. The first kappa shape index (κ1) is 12.8. The van der Waals surface area contributed by atoms with Gasteiger partial charge in [0.25, 0.3) is 0 Å². The van der Waals surface area contributed by atoms with Crippen molar-refractivity contribution in [2.45, 2.75) is 63.7 Å². The van der Waals surface area contributed by atoms with Crippen LogP contribution in [-0.2, 0) is 9.53 Å². The van der Waals surface area contributed by atoms with Crippen molar-refractivity contribution in [3.05, 3.63) is 0 Å². The fourth-order valence-corrected chi connectivity index (χ4v) is 2.92. The van der Waals surface area contributed by atoms with Crippen LogP contribution in [0.4, 0.5) is 0 Å². The van der Waals surface area contributed by atoms with Gasteiger partial charge in [-0.25, -0.2) is 0 Å². The summed E-state index contributed by atoms with van der Waals surface area (Å²) in [6.45, 7) is 2.66. The number of aliphatic hydroxyl groups is 1. The van der Waals surface area contributed by atoms with E-state index in [1.807, 2.05) is 0 Å². The van der Waals surface area contributed by atoms with Gasteiger partial charge in [-0.2, -0.15) is 0 Å². The van der Waals surface area contributed by atoms with E-state index in [1.165, 1.54) is 12.8 Å². The first-order valence-corrected chi connectivity index (χ1v) is 6.82. The van der Waals surface area contributed by atoms with Crippen LogP contribution in [0.15, 0.2) is 0 Å². The number of ether oxygens (including phenoxy) is 1. The summed E-state index contributed by atoms with van der Waals surface area (Å²) in [5, 5.41) is 12.4. The Hall–Kier alpha value is -0.610. The maximum Gasteiger partial charge on any atom is 0.323 e. The van der Waals surface area contributed by atoms with Gasteiger partial charge in [0.2, 0.25) is 0 Å². The summed E-state index contributed by atoms with van der Waals surface area (Å²) >= 11 is 0. The van der Waals surface area contributed by atoms with Crippen LogP contribution < -0.4 is 5.32 Å². The molecule has 2 fully saturated rings. The van der Waals surface area contributed by atoms with Crippen molar-refractivity contribution >= 4 is 5.97 Å². The van der Waals surface area contributed by atoms with Gasteiger partial charge in [0.1, 0.15) is 12.1 Å². The van der Waals surface area contributed by atoms with Gasteiger partial charge in [0, 0.05) is 13.0 Å². The first-order chi connectivity index (χ1) is 8.20. The minimum atomic E-state index is -0.402. The van der Waals surface area contributed by atoms with Crippen molar-refractivity contribution < 1.29 is 14.6 Å². The van der Waals surface area contributed by atoms with Crippen LogP contribution in [-0.4, -0.2) is 35.9 Å². The highest BCUT2D eigenvalue weighted by molar-refractivity contribution is 5.76. The van der Waals surface area contributed by atoms with Crippen LogP contribution >= 0.6 is 0 Å². The second-order valence-corrected chi connectivity index (χ2v) is 5.28. The Kier molecular flexibility index (Phi) is 4.40. The van der Waals surface area contributed by atoms with Gasteiger partial charge in [-0.15, -0.1) is 0 Å². The number of hydrogen-bond donors (Lipinski definition) is 2. The Morgan fingerprint density at radius 3 is 2.82 bits per heavy atom. The molecule has 0 bridgehead atoms. The molecule has 0 amide bonds. The van der Waals surface area contributed by atoms with Crippen LogP contribution in [0.5, 0.6) is 0 Å². The molecule has 2 rings (SSSR count). The molecule has 1 saturated heterocycles. The van der Waals surface area contributed by atoms with E-state index in [-0.39, 0.29) is 18.1 Å². The lowest BCUT2D eigenvalue weighted by molar-refractivity contribution is -0.156. The van der Waals surface area contributed by atoms with E-state index in [0.29, 0.717) is 18.9 Å². The summed E-state index contributed by atoms with van der Waals surface area (Å²) in [5.74, 6) is 0.353. The van der Waals surface area contributed by atoms with Crippen LogP contribution in [0.3, 0.4) is 0 Å². The molecule has 0 aromatic carbocycles. The van der Waals surface area contributed by atoms with Crippen LogP contribution in [0.2, 0.25) is 0 Å². The Balaban J connectivity index is 1.84. The number of aliphatic hydroxyl groups excluding tert-OH is 1. The molecule has 4 unspecified atom stereocenters. The van der Waals surface area contributed by atoms with Gasteiger partial charge in [-0.1, -0.05) is 13.3 Å².